The summed E-state index contributed by atoms with van der Waals surface area (Å²) in [6.07, 6.45) is 20.5. The summed E-state index contributed by atoms with van der Waals surface area (Å²) >= 11 is 0. The Labute approximate surface area is 331 Å². The molecule has 6 aromatic rings. The molecular formula is C54H50N2. The number of anilines is 2. The second kappa shape index (κ2) is 12.5. The van der Waals surface area contributed by atoms with Crippen LogP contribution in [-0.2, 0) is 5.41 Å². The average molecular weight is 727 g/mol. The highest BCUT2D eigenvalue weighted by Crippen LogP contribution is 2.56. The lowest BCUT2D eigenvalue weighted by molar-refractivity contribution is 0.531. The van der Waals surface area contributed by atoms with Crippen molar-refractivity contribution >= 4 is 38.9 Å². The van der Waals surface area contributed by atoms with Crippen molar-refractivity contribution < 1.29 is 0 Å². The van der Waals surface area contributed by atoms with Crippen LogP contribution in [0.2, 0.25) is 0 Å². The summed E-state index contributed by atoms with van der Waals surface area (Å²) in [6, 6.07) is 41.9. The van der Waals surface area contributed by atoms with Crippen LogP contribution in [0.3, 0.4) is 0 Å². The van der Waals surface area contributed by atoms with Crippen LogP contribution in [0.15, 0.2) is 162 Å². The van der Waals surface area contributed by atoms with E-state index >= 15 is 0 Å². The third-order valence-electron chi connectivity index (χ3n) is 14.0. The van der Waals surface area contributed by atoms with E-state index in [0.29, 0.717) is 0 Å². The summed E-state index contributed by atoms with van der Waals surface area (Å²) in [7, 11) is 0. The van der Waals surface area contributed by atoms with Crippen LogP contribution in [0.5, 0.6) is 0 Å². The quantitative estimate of drug-likeness (QED) is 0.172. The molecular weight excluding hydrogens is 677 g/mol. The molecule has 0 spiro atoms. The molecule has 0 bridgehead atoms. The summed E-state index contributed by atoms with van der Waals surface area (Å²) in [4.78, 5) is 2.63. The van der Waals surface area contributed by atoms with Gasteiger partial charge >= 0.3 is 0 Å². The van der Waals surface area contributed by atoms with Crippen molar-refractivity contribution in [1.82, 2.24) is 4.57 Å². The Bertz CT molecular complexity index is 2770. The largest absolute Gasteiger partial charge is 0.334 e. The van der Waals surface area contributed by atoms with Gasteiger partial charge in [0.2, 0.25) is 0 Å². The maximum Gasteiger partial charge on any atom is 0.0563 e. The number of aromatic nitrogens is 1. The van der Waals surface area contributed by atoms with Crippen molar-refractivity contribution in [2.24, 2.45) is 5.41 Å². The van der Waals surface area contributed by atoms with Gasteiger partial charge in [0, 0.05) is 38.7 Å². The van der Waals surface area contributed by atoms with Gasteiger partial charge in [0.05, 0.1) is 17.1 Å². The topological polar surface area (TPSA) is 8.17 Å². The maximum absolute atomic E-state index is 2.63. The number of hydrogen-bond acceptors (Lipinski definition) is 1. The summed E-state index contributed by atoms with van der Waals surface area (Å²) in [6.45, 7) is 9.68. The zero-order valence-corrected chi connectivity index (χ0v) is 33.2. The Kier molecular flexibility index (Phi) is 7.50. The standard InChI is InChI=1S/C54H50N2/c1-53(2)47-19-11-8-16-41(47)43-29-27-39(33-49(43)53)55(40-28-30-44-42-17-9-12-20-48(42)54(3,4)50(44)34-40)38-25-22-35(23-26-38)36-24-31-52-46(32-36)45-18-10-13-21-51(45)56(52)37-14-6-5-7-15-37/h8-11,13-14,16-19,21-27,29-34,40H,5-7,12,15,20,28H2,1-4H3. The van der Waals surface area contributed by atoms with E-state index in [1.54, 1.807) is 5.57 Å². The Morgan fingerprint density at radius 2 is 1.39 bits per heavy atom. The third kappa shape index (κ3) is 4.94. The fraction of sp³-hybridized carbons (Fsp3) is 0.259. The summed E-state index contributed by atoms with van der Waals surface area (Å²) < 4.78 is 2.53. The van der Waals surface area contributed by atoms with Gasteiger partial charge in [-0.2, -0.15) is 0 Å². The van der Waals surface area contributed by atoms with Crippen LogP contribution < -0.4 is 4.90 Å². The van der Waals surface area contributed by atoms with E-state index in [1.807, 2.05) is 0 Å². The van der Waals surface area contributed by atoms with Crippen LogP contribution >= 0.6 is 0 Å². The molecule has 5 aliphatic carbocycles. The Morgan fingerprint density at radius 3 is 2.25 bits per heavy atom. The predicted octanol–water partition coefficient (Wildman–Crippen LogP) is 14.6. The molecule has 0 amide bonds. The minimum atomic E-state index is -0.0619. The van der Waals surface area contributed by atoms with Gasteiger partial charge in [-0.05, 0) is 138 Å². The van der Waals surface area contributed by atoms with E-state index in [0.717, 1.165) is 25.7 Å². The molecule has 0 N–H and O–H groups in total. The summed E-state index contributed by atoms with van der Waals surface area (Å²) in [5.74, 6) is 0. The SMILES string of the molecule is CC1(C)C2=CC(N(c3ccc(-c4ccc5c(c4)c4ccccc4n5C4=CCCCC4)cc3)c3ccc4c(c3)C(C)(C)c3ccccc3-4)CC=C2C2=C1CCC=C2. The first-order chi connectivity index (χ1) is 27.3. The molecule has 0 saturated heterocycles. The lowest BCUT2D eigenvalue weighted by Gasteiger charge is -2.37. The minimum absolute atomic E-state index is 0.0387. The Balaban J connectivity index is 1.01. The summed E-state index contributed by atoms with van der Waals surface area (Å²) in [5.41, 5.74) is 20.7. The van der Waals surface area contributed by atoms with Gasteiger partial charge in [-0.25, -0.2) is 0 Å². The van der Waals surface area contributed by atoms with Crippen molar-refractivity contribution in [2.75, 3.05) is 4.90 Å². The first kappa shape index (κ1) is 33.7. The molecule has 2 nitrogen and oxygen atoms in total. The van der Waals surface area contributed by atoms with Gasteiger partial charge < -0.3 is 9.47 Å². The van der Waals surface area contributed by atoms with E-state index < -0.39 is 0 Å². The second-order valence-corrected chi connectivity index (χ2v) is 17.8. The normalized spacial score (nSPS) is 20.3. The van der Waals surface area contributed by atoms with Crippen molar-refractivity contribution in [1.29, 1.82) is 0 Å². The average Bonchev–Trinajstić information content (AvgIpc) is 3.78. The van der Waals surface area contributed by atoms with E-state index in [9.17, 15) is 0 Å². The number of benzene rings is 5. The molecule has 56 heavy (non-hydrogen) atoms. The number of nitrogens with zero attached hydrogens (tertiary/aromatic N) is 2. The van der Waals surface area contributed by atoms with Crippen molar-refractivity contribution in [3.05, 3.63) is 173 Å². The molecule has 5 aromatic carbocycles. The van der Waals surface area contributed by atoms with E-state index in [4.69, 9.17) is 0 Å². The van der Waals surface area contributed by atoms with E-state index in [1.165, 1.54) is 108 Å². The van der Waals surface area contributed by atoms with Gasteiger partial charge in [-0.1, -0.05) is 130 Å². The monoisotopic (exact) mass is 726 g/mol. The molecule has 276 valence electrons. The lowest BCUT2D eigenvalue weighted by Crippen LogP contribution is -2.32. The molecule has 1 heterocycles. The molecule has 11 rings (SSSR count). The highest BCUT2D eigenvalue weighted by molar-refractivity contribution is 6.11. The molecule has 0 radical (unpaired) electrons. The molecule has 1 unspecified atom stereocenters. The summed E-state index contributed by atoms with van der Waals surface area (Å²) in [5, 5.41) is 2.67. The van der Waals surface area contributed by atoms with Gasteiger partial charge in [0.15, 0.2) is 0 Å². The number of para-hydroxylation sites is 1. The van der Waals surface area contributed by atoms with Crippen LogP contribution in [0.1, 0.15) is 83.8 Å². The van der Waals surface area contributed by atoms with Crippen molar-refractivity contribution in [3.63, 3.8) is 0 Å². The Morgan fingerprint density at radius 1 is 0.625 bits per heavy atom. The van der Waals surface area contributed by atoms with Gasteiger partial charge in [0.1, 0.15) is 0 Å². The number of rotatable bonds is 5. The molecule has 1 aromatic heterocycles. The third-order valence-corrected chi connectivity index (χ3v) is 14.0. The van der Waals surface area contributed by atoms with Crippen LogP contribution in [0.4, 0.5) is 11.4 Å². The first-order valence-electron chi connectivity index (χ1n) is 21.0. The number of hydrogen-bond donors (Lipinski definition) is 0. The molecule has 2 heteroatoms. The fourth-order valence-corrected chi connectivity index (χ4v) is 11.1. The number of allylic oxidation sites excluding steroid dienone is 8. The zero-order valence-electron chi connectivity index (χ0n) is 33.2. The van der Waals surface area contributed by atoms with E-state index in [-0.39, 0.29) is 16.9 Å². The number of fused-ring (bicyclic) bond motifs is 8. The van der Waals surface area contributed by atoms with Gasteiger partial charge in [0.25, 0.3) is 0 Å². The second-order valence-electron chi connectivity index (χ2n) is 17.8. The molecule has 5 aliphatic rings. The smallest absolute Gasteiger partial charge is 0.0563 e. The Hall–Kier alpha value is -5.60. The van der Waals surface area contributed by atoms with E-state index in [2.05, 4.69) is 177 Å². The highest BCUT2D eigenvalue weighted by Gasteiger charge is 2.42. The molecule has 0 aliphatic heterocycles. The van der Waals surface area contributed by atoms with Crippen LogP contribution in [-0.4, -0.2) is 10.6 Å². The van der Waals surface area contributed by atoms with Gasteiger partial charge in [-0.3, -0.25) is 0 Å². The van der Waals surface area contributed by atoms with Crippen LogP contribution in [0.25, 0.3) is 49.8 Å². The zero-order chi connectivity index (χ0) is 37.8. The van der Waals surface area contributed by atoms with Crippen molar-refractivity contribution in [2.45, 2.75) is 84.1 Å². The lowest BCUT2D eigenvalue weighted by atomic mass is 9.76. The van der Waals surface area contributed by atoms with Crippen LogP contribution in [0, 0.1) is 5.41 Å². The van der Waals surface area contributed by atoms with Crippen molar-refractivity contribution in [3.8, 4) is 22.3 Å². The molecule has 0 saturated carbocycles. The first-order valence-corrected chi connectivity index (χ1v) is 21.0. The minimum Gasteiger partial charge on any atom is -0.334 e. The van der Waals surface area contributed by atoms with Gasteiger partial charge in [-0.15, -0.1) is 0 Å². The maximum atomic E-state index is 2.63. The fourth-order valence-electron chi connectivity index (χ4n) is 11.1. The molecule has 1 atom stereocenters. The predicted molar refractivity (Wildman–Crippen MR) is 238 cm³/mol. The highest BCUT2D eigenvalue weighted by atomic mass is 15.2. The molecule has 0 fully saturated rings.